The molecule has 0 radical (unpaired) electrons. The van der Waals surface area contributed by atoms with E-state index in [0.717, 1.165) is 32.2 Å². The number of ketones is 1. The van der Waals surface area contributed by atoms with Gasteiger partial charge in [0.2, 0.25) is 0 Å². The molecule has 1 aromatic rings. The van der Waals surface area contributed by atoms with Crippen LogP contribution in [0.2, 0.25) is 0 Å². The quantitative estimate of drug-likeness (QED) is 0.378. The standard InChI is InChI=1S/C18H26N2O.4CO.Cr/c1-15(17-10-7-11-18(21)12-17)13-20(19(2)3)14-16-8-5-4-6-9-16;4*1-2;/h4-6,8-9,15,17H,7,10-12,14H2,1-3H3;;;;;/t15-,17+;;;;;/m0...../s1. The Morgan fingerprint density at radius 1 is 1.07 bits per heavy atom. The molecule has 0 N–H and O–H groups in total. The van der Waals surface area contributed by atoms with E-state index >= 15 is 0 Å². The minimum atomic E-state index is 0.385. The maximum absolute atomic E-state index is 11.8. The normalized spacial score (nSPS) is 15.2. The summed E-state index contributed by atoms with van der Waals surface area (Å²) in [6.07, 6.45) is 3.71. The molecule has 0 spiro atoms. The Bertz CT molecular complexity index is 659. The number of hydrogen-bond acceptors (Lipinski definition) is 3. The van der Waals surface area contributed by atoms with Crippen LogP contribution in [0.1, 0.15) is 38.2 Å². The van der Waals surface area contributed by atoms with E-state index in [1.54, 1.807) is 0 Å². The molecular weight excluding hydrogens is 424 g/mol. The molecule has 1 saturated carbocycles. The molecule has 2 rings (SSSR count). The van der Waals surface area contributed by atoms with Crippen LogP contribution in [0.25, 0.3) is 0 Å². The van der Waals surface area contributed by atoms with Gasteiger partial charge in [-0.3, -0.25) is 0 Å². The Morgan fingerprint density at radius 3 is 2.00 bits per heavy atom. The van der Waals surface area contributed by atoms with Crippen LogP contribution in [0.4, 0.5) is 0 Å². The van der Waals surface area contributed by atoms with Crippen LogP contribution >= 0.6 is 0 Å². The summed E-state index contributed by atoms with van der Waals surface area (Å²) >= 11 is 3.28. The molecule has 8 heteroatoms. The first-order valence-corrected chi connectivity index (χ1v) is 9.48. The summed E-state index contributed by atoms with van der Waals surface area (Å²) in [5, 5.41) is 4.40. The Hall–Kier alpha value is -1.83. The molecule has 0 unspecified atom stereocenters. The van der Waals surface area contributed by atoms with Crippen LogP contribution in [-0.4, -0.2) is 34.4 Å². The van der Waals surface area contributed by atoms with Gasteiger partial charge < -0.3 is 0 Å². The Labute approximate surface area is 187 Å². The number of nitrogens with zero attached hydrogens (tertiary/aromatic N) is 2. The fraction of sp³-hybridized carbons (Fsp3) is 0.455. The number of carbonyl (C=O) groups is 1. The predicted molar refractivity (Wildman–Crippen MR) is 103 cm³/mol. The zero-order chi connectivity index (χ0) is 24.1. The third-order valence-corrected chi connectivity index (χ3v) is 5.44. The van der Waals surface area contributed by atoms with Crippen molar-refractivity contribution >= 4 is 10.3 Å². The minimum absolute atomic E-state index is 0.385. The van der Waals surface area contributed by atoms with Crippen molar-refractivity contribution in [3.63, 3.8) is 0 Å². The van der Waals surface area contributed by atoms with Gasteiger partial charge in [0, 0.05) is 0 Å². The summed E-state index contributed by atoms with van der Waals surface area (Å²) in [6.45, 7) is 21.1. The summed E-state index contributed by atoms with van der Waals surface area (Å²) in [6, 6.07) is 10.5. The summed E-state index contributed by atoms with van der Waals surface area (Å²) in [7, 11) is 4.14. The van der Waals surface area contributed by atoms with Gasteiger partial charge >= 0.3 is 187 Å². The maximum atomic E-state index is 11.8. The SMILES string of the molecule is C[C@@H]([C](=[Cr])N(Cc1ccccc1)N(C)C)[C@@H]1CCCC(=O)C1.[C-]#[O+].[C-]#[O+].[C-]#[O+].[C-]#[O+]. The topological polar surface area (TPSA) is 103 Å². The van der Waals surface area contributed by atoms with Gasteiger partial charge in [0.15, 0.2) is 0 Å². The summed E-state index contributed by atoms with van der Waals surface area (Å²) < 4.78 is 31.2. The van der Waals surface area contributed by atoms with Crippen molar-refractivity contribution in [1.82, 2.24) is 10.0 Å². The third-order valence-electron chi connectivity index (χ3n) is 4.53. The van der Waals surface area contributed by atoms with Crippen LogP contribution in [0, 0.1) is 38.4 Å². The second-order valence-electron chi connectivity index (χ2n) is 6.41. The van der Waals surface area contributed by atoms with E-state index in [1.165, 1.54) is 10.1 Å². The van der Waals surface area contributed by atoms with Gasteiger partial charge in [0.1, 0.15) is 0 Å². The number of carbonyl (C=O) groups excluding carboxylic acids is 1. The van der Waals surface area contributed by atoms with Crippen LogP contribution in [0.3, 0.4) is 0 Å². The van der Waals surface area contributed by atoms with Gasteiger partial charge in [-0.05, 0) is 0 Å². The summed E-state index contributed by atoms with van der Waals surface area (Å²) in [5.41, 5.74) is 1.29. The monoisotopic (exact) mass is 450 g/mol. The van der Waals surface area contributed by atoms with Crippen molar-refractivity contribution in [2.45, 2.75) is 39.2 Å². The van der Waals surface area contributed by atoms with Gasteiger partial charge in [0.25, 0.3) is 0 Å². The zero-order valence-corrected chi connectivity index (χ0v) is 18.7. The van der Waals surface area contributed by atoms with Crippen LogP contribution in [0.15, 0.2) is 30.3 Å². The predicted octanol–water partition coefficient (Wildman–Crippen LogP) is 2.89. The molecular formula is C22H26CrN2O5. The first-order chi connectivity index (χ1) is 14.5. The van der Waals surface area contributed by atoms with Crippen LogP contribution in [-0.2, 0) is 45.8 Å². The zero-order valence-electron chi connectivity index (χ0n) is 17.4. The van der Waals surface area contributed by atoms with Gasteiger partial charge in [-0.1, -0.05) is 0 Å². The first kappa shape index (κ1) is 32.8. The molecule has 2 atom stereocenters. The molecule has 1 aliphatic rings. The molecule has 1 aliphatic carbocycles. The van der Waals surface area contributed by atoms with E-state index in [1.807, 2.05) is 6.07 Å². The molecule has 160 valence electrons. The Morgan fingerprint density at radius 2 is 1.57 bits per heavy atom. The number of rotatable bonds is 6. The second kappa shape index (κ2) is 21.9. The average molecular weight is 450 g/mol. The number of benzene rings is 1. The van der Waals surface area contributed by atoms with E-state index in [4.69, 9.17) is 18.6 Å². The van der Waals surface area contributed by atoms with E-state index in [0.29, 0.717) is 17.6 Å². The Balaban J connectivity index is -0.000000815. The van der Waals surface area contributed by atoms with Crippen molar-refractivity contribution in [2.24, 2.45) is 11.8 Å². The molecule has 1 aromatic carbocycles. The van der Waals surface area contributed by atoms with Crippen molar-refractivity contribution in [3.8, 4) is 0 Å². The molecule has 0 amide bonds. The fourth-order valence-electron chi connectivity index (χ4n) is 3.09. The number of hydrazine groups is 1. The van der Waals surface area contributed by atoms with Gasteiger partial charge in [0.05, 0.1) is 0 Å². The summed E-state index contributed by atoms with van der Waals surface area (Å²) in [4.78, 5) is 11.8. The van der Waals surface area contributed by atoms with Crippen molar-refractivity contribution in [1.29, 1.82) is 0 Å². The molecule has 0 aliphatic heterocycles. The van der Waals surface area contributed by atoms with Crippen molar-refractivity contribution in [2.75, 3.05) is 14.1 Å². The molecule has 1 fully saturated rings. The average Bonchev–Trinajstić information content (AvgIpc) is 2.82. The molecule has 7 nitrogen and oxygen atoms in total. The number of Topliss-reactive ketones (excluding diaryl/α,β-unsaturated/α-hetero) is 1. The van der Waals surface area contributed by atoms with Gasteiger partial charge in [-0.15, -0.1) is 0 Å². The molecule has 0 aromatic heterocycles. The first-order valence-electron chi connectivity index (χ1n) is 8.85. The van der Waals surface area contributed by atoms with Crippen LogP contribution in [0.5, 0.6) is 0 Å². The number of hydrogen-bond donors (Lipinski definition) is 0. The fourth-order valence-corrected chi connectivity index (χ4v) is 3.75. The van der Waals surface area contributed by atoms with Gasteiger partial charge in [-0.2, -0.15) is 0 Å². The molecule has 0 heterocycles. The van der Waals surface area contributed by atoms with E-state index in [9.17, 15) is 4.79 Å². The van der Waals surface area contributed by atoms with E-state index < -0.39 is 0 Å². The van der Waals surface area contributed by atoms with Gasteiger partial charge in [-0.25, -0.2) is 0 Å². The second-order valence-corrected chi connectivity index (χ2v) is 7.07. The van der Waals surface area contributed by atoms with Crippen molar-refractivity contribution in [3.05, 3.63) is 62.5 Å². The van der Waals surface area contributed by atoms with E-state index in [2.05, 4.69) is 97.8 Å². The summed E-state index contributed by atoms with van der Waals surface area (Å²) in [5.74, 6) is 1.28. The molecule has 0 bridgehead atoms. The van der Waals surface area contributed by atoms with Crippen LogP contribution < -0.4 is 0 Å². The third kappa shape index (κ3) is 12.7. The van der Waals surface area contributed by atoms with E-state index in [-0.39, 0.29) is 0 Å². The molecule has 0 saturated heterocycles. The molecule has 30 heavy (non-hydrogen) atoms. The van der Waals surface area contributed by atoms with Crippen molar-refractivity contribution < 1.29 is 39.3 Å². The Kier molecular flexibility index (Phi) is 23.9.